The Kier molecular flexibility index (Phi) is 5.72. The van der Waals surface area contributed by atoms with E-state index in [0.29, 0.717) is 5.75 Å². The molecular weight excluding hydrogens is 385 g/mol. The number of ether oxygens (including phenoxy) is 1. The molecule has 2 aromatic rings. The summed E-state index contributed by atoms with van der Waals surface area (Å²) in [5, 5.41) is 2.91. The summed E-state index contributed by atoms with van der Waals surface area (Å²) >= 11 is 3.69. The molecule has 104 valence electrons. The monoisotopic (exact) mass is 399 g/mol. The van der Waals surface area contributed by atoms with Gasteiger partial charge in [0.05, 0.1) is 18.6 Å². The van der Waals surface area contributed by atoms with Gasteiger partial charge in [0.25, 0.3) is 0 Å². The summed E-state index contributed by atoms with van der Waals surface area (Å²) in [6.45, 7) is 0. The molecule has 2 rings (SSSR count). The molecule has 5 heteroatoms. The largest absolute Gasteiger partial charge is 0.497 e. The normalized spacial score (nSPS) is 10.1. The van der Waals surface area contributed by atoms with Gasteiger partial charge in [0.2, 0.25) is 5.91 Å². The molecule has 0 spiro atoms. The summed E-state index contributed by atoms with van der Waals surface area (Å²) in [4.78, 5) is 12.9. The van der Waals surface area contributed by atoms with Crippen LogP contribution in [0.3, 0.4) is 0 Å². The van der Waals surface area contributed by atoms with E-state index in [1.54, 1.807) is 7.11 Å². The van der Waals surface area contributed by atoms with E-state index in [4.69, 9.17) is 4.74 Å². The Balaban J connectivity index is 1.90. The molecule has 0 heterocycles. The Morgan fingerprint density at radius 2 is 2.05 bits per heavy atom. The van der Waals surface area contributed by atoms with Crippen LogP contribution >= 0.6 is 34.4 Å². The summed E-state index contributed by atoms with van der Waals surface area (Å²) < 4.78 is 6.19. The van der Waals surface area contributed by atoms with Crippen LogP contribution in [-0.2, 0) is 4.79 Å². The Bertz CT molecular complexity index is 604. The zero-order valence-electron chi connectivity index (χ0n) is 10.9. The number of amides is 1. The van der Waals surface area contributed by atoms with Gasteiger partial charge in [-0.3, -0.25) is 4.79 Å². The molecule has 0 radical (unpaired) electrons. The number of hydrogen-bond acceptors (Lipinski definition) is 3. The number of hydrogen-bond donors (Lipinski definition) is 1. The third kappa shape index (κ3) is 4.42. The second kappa shape index (κ2) is 7.54. The molecule has 0 aliphatic heterocycles. The molecule has 0 saturated carbocycles. The van der Waals surface area contributed by atoms with E-state index < -0.39 is 0 Å². The first-order valence-electron chi connectivity index (χ1n) is 6.00. The minimum absolute atomic E-state index is 0.0121. The van der Waals surface area contributed by atoms with Gasteiger partial charge in [0, 0.05) is 8.47 Å². The Labute approximate surface area is 136 Å². The van der Waals surface area contributed by atoms with Crippen LogP contribution in [0.2, 0.25) is 0 Å². The molecule has 0 fully saturated rings. The molecule has 3 nitrogen and oxygen atoms in total. The fourth-order valence-electron chi connectivity index (χ4n) is 1.59. The lowest BCUT2D eigenvalue weighted by Crippen LogP contribution is -2.14. The summed E-state index contributed by atoms with van der Waals surface area (Å²) in [6.07, 6.45) is 0. The van der Waals surface area contributed by atoms with Crippen molar-refractivity contribution in [2.45, 2.75) is 4.90 Å². The van der Waals surface area contributed by atoms with Gasteiger partial charge in [-0.05, 0) is 52.9 Å². The van der Waals surface area contributed by atoms with Crippen molar-refractivity contribution in [2.75, 3.05) is 18.2 Å². The number of para-hydroxylation sites is 1. The van der Waals surface area contributed by atoms with Gasteiger partial charge in [0.1, 0.15) is 5.75 Å². The Morgan fingerprint density at radius 1 is 1.25 bits per heavy atom. The van der Waals surface area contributed by atoms with Crippen LogP contribution in [0.5, 0.6) is 5.75 Å². The van der Waals surface area contributed by atoms with Crippen LogP contribution in [0.1, 0.15) is 0 Å². The average Bonchev–Trinajstić information content (AvgIpc) is 2.48. The topological polar surface area (TPSA) is 38.3 Å². The highest BCUT2D eigenvalue weighted by molar-refractivity contribution is 14.1. The van der Waals surface area contributed by atoms with Crippen molar-refractivity contribution in [3.05, 3.63) is 52.1 Å². The molecule has 0 saturated heterocycles. The van der Waals surface area contributed by atoms with E-state index in [9.17, 15) is 4.79 Å². The minimum atomic E-state index is -0.0121. The van der Waals surface area contributed by atoms with Crippen molar-refractivity contribution < 1.29 is 9.53 Å². The number of benzene rings is 2. The molecule has 0 atom stereocenters. The van der Waals surface area contributed by atoms with Crippen LogP contribution < -0.4 is 10.1 Å². The number of carbonyl (C=O) groups excluding carboxylic acids is 1. The maximum atomic E-state index is 11.9. The molecule has 0 aromatic heterocycles. The second-order valence-corrected chi connectivity index (χ2v) is 6.21. The first-order chi connectivity index (χ1) is 9.69. The van der Waals surface area contributed by atoms with Gasteiger partial charge in [-0.2, -0.15) is 0 Å². The molecule has 2 aromatic carbocycles. The Hall–Kier alpha value is -1.21. The lowest BCUT2D eigenvalue weighted by molar-refractivity contribution is -0.113. The van der Waals surface area contributed by atoms with Gasteiger partial charge >= 0.3 is 0 Å². The second-order valence-electron chi connectivity index (χ2n) is 4.00. The first-order valence-corrected chi connectivity index (χ1v) is 8.06. The minimum Gasteiger partial charge on any atom is -0.497 e. The number of halogens is 1. The third-order valence-corrected chi connectivity index (χ3v) is 4.49. The van der Waals surface area contributed by atoms with Crippen LogP contribution in [-0.4, -0.2) is 18.8 Å². The fraction of sp³-hybridized carbons (Fsp3) is 0.133. The molecule has 0 unspecified atom stereocenters. The number of methoxy groups -OCH3 is 1. The lowest BCUT2D eigenvalue weighted by Gasteiger charge is -2.07. The van der Waals surface area contributed by atoms with Crippen LogP contribution in [0.25, 0.3) is 0 Å². The Morgan fingerprint density at radius 3 is 2.80 bits per heavy atom. The van der Waals surface area contributed by atoms with Crippen molar-refractivity contribution in [2.24, 2.45) is 0 Å². The smallest absolute Gasteiger partial charge is 0.234 e. The molecule has 1 amide bonds. The van der Waals surface area contributed by atoms with Crippen molar-refractivity contribution in [1.82, 2.24) is 0 Å². The average molecular weight is 399 g/mol. The van der Waals surface area contributed by atoms with E-state index in [1.807, 2.05) is 48.5 Å². The van der Waals surface area contributed by atoms with Crippen molar-refractivity contribution in [3.8, 4) is 5.75 Å². The van der Waals surface area contributed by atoms with Crippen molar-refractivity contribution in [3.63, 3.8) is 0 Å². The van der Waals surface area contributed by atoms with E-state index in [2.05, 4.69) is 27.9 Å². The van der Waals surface area contributed by atoms with Crippen LogP contribution in [0.4, 0.5) is 5.69 Å². The molecule has 0 bridgehead atoms. The summed E-state index contributed by atoms with van der Waals surface area (Å²) in [7, 11) is 1.63. The van der Waals surface area contributed by atoms with Gasteiger partial charge in [0.15, 0.2) is 0 Å². The maximum Gasteiger partial charge on any atom is 0.234 e. The predicted octanol–water partition coefficient (Wildman–Crippen LogP) is 4.03. The third-order valence-electron chi connectivity index (χ3n) is 2.56. The molecule has 0 aliphatic carbocycles. The van der Waals surface area contributed by atoms with E-state index in [0.717, 1.165) is 19.9 Å². The maximum absolute atomic E-state index is 11.9. The zero-order chi connectivity index (χ0) is 14.4. The summed E-state index contributed by atoms with van der Waals surface area (Å²) in [5.41, 5.74) is 0.851. The molecular formula is C15H14INO2S. The number of carbonyl (C=O) groups is 1. The SMILES string of the molecule is COc1cccc(SCC(=O)Nc2ccccc2I)c1. The van der Waals surface area contributed by atoms with Crippen LogP contribution in [0, 0.1) is 3.57 Å². The molecule has 1 N–H and O–H groups in total. The van der Waals surface area contributed by atoms with E-state index >= 15 is 0 Å². The molecule has 0 aliphatic rings. The van der Waals surface area contributed by atoms with E-state index in [1.165, 1.54) is 11.8 Å². The zero-order valence-corrected chi connectivity index (χ0v) is 13.9. The fourth-order valence-corrected chi connectivity index (χ4v) is 2.86. The van der Waals surface area contributed by atoms with Crippen molar-refractivity contribution >= 4 is 45.9 Å². The highest BCUT2D eigenvalue weighted by atomic mass is 127. The number of thioether (sulfide) groups is 1. The lowest BCUT2D eigenvalue weighted by atomic mass is 10.3. The summed E-state index contributed by atoms with van der Waals surface area (Å²) in [6, 6.07) is 15.4. The predicted molar refractivity (Wildman–Crippen MR) is 91.5 cm³/mol. The van der Waals surface area contributed by atoms with Gasteiger partial charge in [-0.25, -0.2) is 0 Å². The van der Waals surface area contributed by atoms with Crippen LogP contribution in [0.15, 0.2) is 53.4 Å². The molecule has 20 heavy (non-hydrogen) atoms. The van der Waals surface area contributed by atoms with Crippen molar-refractivity contribution in [1.29, 1.82) is 0 Å². The van der Waals surface area contributed by atoms with Gasteiger partial charge < -0.3 is 10.1 Å². The van der Waals surface area contributed by atoms with E-state index in [-0.39, 0.29) is 5.91 Å². The first kappa shape index (κ1) is 15.2. The quantitative estimate of drug-likeness (QED) is 0.610. The highest BCUT2D eigenvalue weighted by Gasteiger charge is 2.06. The summed E-state index contributed by atoms with van der Waals surface area (Å²) in [5.74, 6) is 1.16. The highest BCUT2D eigenvalue weighted by Crippen LogP contribution is 2.23. The van der Waals surface area contributed by atoms with Gasteiger partial charge in [-0.15, -0.1) is 11.8 Å². The number of anilines is 1. The van der Waals surface area contributed by atoms with Gasteiger partial charge in [-0.1, -0.05) is 18.2 Å². The number of rotatable bonds is 5. The number of nitrogens with one attached hydrogen (secondary N) is 1. The standard InChI is InChI=1S/C15H14INO2S/c1-19-11-5-4-6-12(9-11)20-10-15(18)17-14-8-3-2-7-13(14)16/h2-9H,10H2,1H3,(H,17,18).